The lowest BCUT2D eigenvalue weighted by Crippen LogP contribution is -2.40. The van der Waals surface area contributed by atoms with Crippen LogP contribution in [0.1, 0.15) is 19.8 Å². The van der Waals surface area contributed by atoms with Crippen LogP contribution in [-0.4, -0.2) is 44.0 Å². The fourth-order valence-electron chi connectivity index (χ4n) is 1.27. The molecular weight excluding hydrogens is 222 g/mol. The maximum absolute atomic E-state index is 11.4. The zero-order valence-electron chi connectivity index (χ0n) is 8.47. The molecule has 1 rings (SSSR count). The molecule has 7 heteroatoms. The SMILES string of the molecule is CC(C(=O)O)S(=O)(=O)NCC1CCCO1. The Morgan fingerprint density at radius 2 is 2.33 bits per heavy atom. The summed E-state index contributed by atoms with van der Waals surface area (Å²) in [6.45, 7) is 1.93. The number of carboxylic acids is 1. The molecule has 2 N–H and O–H groups in total. The summed E-state index contributed by atoms with van der Waals surface area (Å²) >= 11 is 0. The van der Waals surface area contributed by atoms with Crippen LogP contribution in [0.3, 0.4) is 0 Å². The van der Waals surface area contributed by atoms with E-state index in [0.29, 0.717) is 6.61 Å². The number of hydrogen-bond donors (Lipinski definition) is 2. The molecule has 0 spiro atoms. The third kappa shape index (κ3) is 3.44. The second-order valence-corrected chi connectivity index (χ2v) is 5.59. The van der Waals surface area contributed by atoms with Crippen LogP contribution in [0, 0.1) is 0 Å². The van der Waals surface area contributed by atoms with Crippen LogP contribution in [0.15, 0.2) is 0 Å². The van der Waals surface area contributed by atoms with Crippen molar-refractivity contribution in [3.05, 3.63) is 0 Å². The summed E-state index contributed by atoms with van der Waals surface area (Å²) in [5.74, 6) is -1.35. The maximum Gasteiger partial charge on any atom is 0.323 e. The number of hydrogen-bond acceptors (Lipinski definition) is 4. The lowest BCUT2D eigenvalue weighted by atomic mass is 10.2. The van der Waals surface area contributed by atoms with Crippen molar-refractivity contribution in [2.24, 2.45) is 0 Å². The van der Waals surface area contributed by atoms with Crippen LogP contribution in [0.2, 0.25) is 0 Å². The molecule has 0 saturated carbocycles. The Kier molecular flexibility index (Phi) is 4.06. The molecule has 2 unspecified atom stereocenters. The van der Waals surface area contributed by atoms with E-state index in [2.05, 4.69) is 4.72 Å². The molecule has 1 aliphatic heterocycles. The van der Waals surface area contributed by atoms with Gasteiger partial charge in [-0.1, -0.05) is 0 Å². The fourth-order valence-corrected chi connectivity index (χ4v) is 2.21. The second-order valence-electron chi connectivity index (χ2n) is 3.51. The number of sulfonamides is 1. The highest BCUT2D eigenvalue weighted by atomic mass is 32.2. The molecule has 2 atom stereocenters. The Labute approximate surface area is 88.7 Å². The molecule has 1 heterocycles. The van der Waals surface area contributed by atoms with Crippen molar-refractivity contribution in [1.82, 2.24) is 4.72 Å². The topological polar surface area (TPSA) is 92.7 Å². The van der Waals surface area contributed by atoms with Gasteiger partial charge in [0, 0.05) is 13.2 Å². The van der Waals surface area contributed by atoms with Crippen LogP contribution >= 0.6 is 0 Å². The maximum atomic E-state index is 11.4. The van der Waals surface area contributed by atoms with Crippen LogP contribution in [0.25, 0.3) is 0 Å². The minimum Gasteiger partial charge on any atom is -0.480 e. The average Bonchev–Trinajstić information content (AvgIpc) is 2.66. The summed E-state index contributed by atoms with van der Waals surface area (Å²) in [5, 5.41) is 7.13. The lowest BCUT2D eigenvalue weighted by molar-refractivity contribution is -0.136. The fraction of sp³-hybridized carbons (Fsp3) is 0.875. The predicted octanol–water partition coefficient (Wildman–Crippen LogP) is -0.442. The molecule has 0 bridgehead atoms. The minimum absolute atomic E-state index is 0.124. The number of carboxylic acid groups (broad SMARTS) is 1. The Bertz CT molecular complexity index is 320. The number of aliphatic carboxylic acids is 1. The Balaban J connectivity index is 2.45. The first kappa shape index (κ1) is 12.4. The van der Waals surface area contributed by atoms with Gasteiger partial charge in [0.2, 0.25) is 10.0 Å². The zero-order chi connectivity index (χ0) is 11.5. The van der Waals surface area contributed by atoms with Gasteiger partial charge in [-0.3, -0.25) is 4.79 Å². The summed E-state index contributed by atoms with van der Waals surface area (Å²) < 4.78 is 30.2. The van der Waals surface area contributed by atoms with E-state index in [1.165, 1.54) is 0 Å². The zero-order valence-corrected chi connectivity index (χ0v) is 9.29. The first-order valence-electron chi connectivity index (χ1n) is 4.76. The number of rotatable bonds is 5. The average molecular weight is 237 g/mol. The third-order valence-electron chi connectivity index (χ3n) is 2.35. The van der Waals surface area contributed by atoms with Gasteiger partial charge in [-0.15, -0.1) is 0 Å². The van der Waals surface area contributed by atoms with E-state index in [-0.39, 0.29) is 12.6 Å². The number of ether oxygens (including phenoxy) is 1. The second kappa shape index (κ2) is 4.91. The highest BCUT2D eigenvalue weighted by molar-refractivity contribution is 7.90. The quantitative estimate of drug-likeness (QED) is 0.676. The van der Waals surface area contributed by atoms with Crippen molar-refractivity contribution in [1.29, 1.82) is 0 Å². The molecule has 0 aromatic heterocycles. The molecule has 0 aliphatic carbocycles. The van der Waals surface area contributed by atoms with E-state index < -0.39 is 21.2 Å². The van der Waals surface area contributed by atoms with Gasteiger partial charge in [0.05, 0.1) is 6.10 Å². The van der Waals surface area contributed by atoms with E-state index in [1.807, 2.05) is 0 Å². The normalized spacial score (nSPS) is 23.9. The van der Waals surface area contributed by atoms with Gasteiger partial charge in [-0.05, 0) is 19.8 Å². The summed E-state index contributed by atoms with van der Waals surface area (Å²) in [7, 11) is -3.78. The monoisotopic (exact) mass is 237 g/mol. The van der Waals surface area contributed by atoms with Crippen LogP contribution in [0.5, 0.6) is 0 Å². The van der Waals surface area contributed by atoms with Crippen LogP contribution in [-0.2, 0) is 19.6 Å². The van der Waals surface area contributed by atoms with Crippen molar-refractivity contribution >= 4 is 16.0 Å². The lowest BCUT2D eigenvalue weighted by Gasteiger charge is -2.13. The minimum atomic E-state index is -3.78. The van der Waals surface area contributed by atoms with Crippen molar-refractivity contribution in [3.8, 4) is 0 Å². The Morgan fingerprint density at radius 1 is 1.67 bits per heavy atom. The third-order valence-corrected chi connectivity index (χ3v) is 4.05. The summed E-state index contributed by atoms with van der Waals surface area (Å²) in [6.07, 6.45) is 1.60. The van der Waals surface area contributed by atoms with Crippen LogP contribution < -0.4 is 4.72 Å². The number of carbonyl (C=O) groups is 1. The first-order chi connectivity index (χ1) is 6.93. The summed E-state index contributed by atoms with van der Waals surface area (Å²) in [4.78, 5) is 10.5. The van der Waals surface area contributed by atoms with Crippen LogP contribution in [0.4, 0.5) is 0 Å². The van der Waals surface area contributed by atoms with Gasteiger partial charge in [0.25, 0.3) is 0 Å². The first-order valence-corrected chi connectivity index (χ1v) is 6.31. The van der Waals surface area contributed by atoms with Crippen molar-refractivity contribution in [2.75, 3.05) is 13.2 Å². The molecule has 1 saturated heterocycles. The molecule has 6 nitrogen and oxygen atoms in total. The molecule has 0 radical (unpaired) electrons. The smallest absolute Gasteiger partial charge is 0.323 e. The molecule has 0 amide bonds. The molecule has 0 aromatic carbocycles. The van der Waals surface area contributed by atoms with Crippen molar-refractivity contribution < 1.29 is 23.1 Å². The highest BCUT2D eigenvalue weighted by Crippen LogP contribution is 2.11. The highest BCUT2D eigenvalue weighted by Gasteiger charge is 2.28. The van der Waals surface area contributed by atoms with E-state index in [1.54, 1.807) is 0 Å². The van der Waals surface area contributed by atoms with E-state index in [0.717, 1.165) is 19.8 Å². The molecule has 1 aliphatic rings. The van der Waals surface area contributed by atoms with Gasteiger partial charge in [0.15, 0.2) is 5.25 Å². The molecular formula is C8H15NO5S. The largest absolute Gasteiger partial charge is 0.480 e. The van der Waals surface area contributed by atoms with Gasteiger partial charge < -0.3 is 9.84 Å². The van der Waals surface area contributed by atoms with Gasteiger partial charge in [-0.25, -0.2) is 13.1 Å². The van der Waals surface area contributed by atoms with Crippen molar-refractivity contribution in [2.45, 2.75) is 31.1 Å². The molecule has 88 valence electrons. The van der Waals surface area contributed by atoms with E-state index >= 15 is 0 Å². The van der Waals surface area contributed by atoms with E-state index in [4.69, 9.17) is 9.84 Å². The Morgan fingerprint density at radius 3 is 2.80 bits per heavy atom. The molecule has 0 aromatic rings. The standard InChI is InChI=1S/C8H15NO5S/c1-6(8(10)11)15(12,13)9-5-7-3-2-4-14-7/h6-7,9H,2-5H2,1H3,(H,10,11). The van der Waals surface area contributed by atoms with Gasteiger partial charge >= 0.3 is 5.97 Å². The molecule has 15 heavy (non-hydrogen) atoms. The molecule has 1 fully saturated rings. The van der Waals surface area contributed by atoms with Gasteiger partial charge in [0.1, 0.15) is 0 Å². The van der Waals surface area contributed by atoms with Gasteiger partial charge in [-0.2, -0.15) is 0 Å². The number of nitrogens with one attached hydrogen (secondary N) is 1. The van der Waals surface area contributed by atoms with Crippen molar-refractivity contribution in [3.63, 3.8) is 0 Å². The summed E-state index contributed by atoms with van der Waals surface area (Å²) in [5.41, 5.74) is 0. The summed E-state index contributed by atoms with van der Waals surface area (Å²) in [6, 6.07) is 0. The Hall–Kier alpha value is -0.660. The predicted molar refractivity (Wildman–Crippen MR) is 53.0 cm³/mol. The van der Waals surface area contributed by atoms with E-state index in [9.17, 15) is 13.2 Å².